The molecule has 0 saturated carbocycles. The highest BCUT2D eigenvalue weighted by atomic mass is 19.1. The molecule has 1 amide bonds. The van der Waals surface area contributed by atoms with Crippen LogP contribution in [0.5, 0.6) is 0 Å². The Morgan fingerprint density at radius 1 is 1.09 bits per heavy atom. The molecule has 1 saturated heterocycles. The second kappa shape index (κ2) is 5.33. The van der Waals surface area contributed by atoms with E-state index in [-0.39, 0.29) is 23.3 Å². The van der Waals surface area contributed by atoms with Crippen molar-refractivity contribution in [2.75, 3.05) is 13.1 Å². The lowest BCUT2D eigenvalue weighted by molar-refractivity contribution is 0.0594. The summed E-state index contributed by atoms with van der Waals surface area (Å²) >= 11 is 0. The Morgan fingerprint density at radius 2 is 1.91 bits per heavy atom. The Labute approximate surface area is 133 Å². The molecule has 2 aromatic rings. The van der Waals surface area contributed by atoms with Crippen LogP contribution in [0.4, 0.5) is 4.39 Å². The van der Waals surface area contributed by atoms with Gasteiger partial charge in [-0.25, -0.2) is 4.39 Å². The molecule has 2 bridgehead atoms. The van der Waals surface area contributed by atoms with E-state index >= 15 is 0 Å². The van der Waals surface area contributed by atoms with Crippen molar-refractivity contribution in [1.29, 1.82) is 0 Å². The Balaban J connectivity index is 1.63. The van der Waals surface area contributed by atoms with Crippen molar-refractivity contribution in [2.45, 2.75) is 18.9 Å². The molecule has 4 rings (SSSR count). The molecule has 4 nitrogen and oxygen atoms in total. The van der Waals surface area contributed by atoms with Gasteiger partial charge in [0, 0.05) is 42.9 Å². The highest BCUT2D eigenvalue weighted by molar-refractivity contribution is 5.94. The summed E-state index contributed by atoms with van der Waals surface area (Å²) in [5.74, 6) is -0.0800. The fourth-order valence-electron chi connectivity index (χ4n) is 3.87. The van der Waals surface area contributed by atoms with E-state index in [0.717, 1.165) is 12.1 Å². The summed E-state index contributed by atoms with van der Waals surface area (Å²) in [6.07, 6.45) is 0.996. The summed E-state index contributed by atoms with van der Waals surface area (Å²) in [6.45, 7) is 1.85. The maximum atomic E-state index is 13.4. The minimum Gasteiger partial charge on any atom is -0.338 e. The number of pyridine rings is 1. The van der Waals surface area contributed by atoms with Gasteiger partial charge in [0.05, 0.1) is 0 Å². The SMILES string of the molecule is O=C(c1cccc(F)c1)N1CC2CC(C1)c1cccc(=O)n1C2. The van der Waals surface area contributed by atoms with E-state index < -0.39 is 5.82 Å². The Bertz CT molecular complexity index is 830. The lowest BCUT2D eigenvalue weighted by Gasteiger charge is -2.42. The van der Waals surface area contributed by atoms with Gasteiger partial charge in [-0.1, -0.05) is 12.1 Å². The Morgan fingerprint density at radius 3 is 2.74 bits per heavy atom. The minimum atomic E-state index is -0.398. The molecular formula is C18H17FN2O2. The van der Waals surface area contributed by atoms with Gasteiger partial charge in [-0.15, -0.1) is 0 Å². The molecule has 1 aromatic heterocycles. The van der Waals surface area contributed by atoms with Crippen LogP contribution in [0.2, 0.25) is 0 Å². The first-order valence-electron chi connectivity index (χ1n) is 7.86. The van der Waals surface area contributed by atoms with Gasteiger partial charge in [-0.05, 0) is 36.6 Å². The molecule has 2 unspecified atom stereocenters. The average molecular weight is 312 g/mol. The first-order chi connectivity index (χ1) is 11.1. The molecule has 0 radical (unpaired) electrons. The third-order valence-electron chi connectivity index (χ3n) is 4.84. The zero-order valence-corrected chi connectivity index (χ0v) is 12.6. The van der Waals surface area contributed by atoms with Crippen molar-refractivity contribution in [1.82, 2.24) is 9.47 Å². The molecule has 3 heterocycles. The van der Waals surface area contributed by atoms with Crippen molar-refractivity contribution in [3.05, 3.63) is 69.9 Å². The summed E-state index contributed by atoms with van der Waals surface area (Å²) in [5.41, 5.74) is 1.42. The van der Waals surface area contributed by atoms with E-state index in [1.165, 1.54) is 12.1 Å². The maximum absolute atomic E-state index is 13.4. The van der Waals surface area contributed by atoms with Crippen molar-refractivity contribution in [2.24, 2.45) is 5.92 Å². The van der Waals surface area contributed by atoms with Crippen LogP contribution in [0.3, 0.4) is 0 Å². The molecule has 0 aliphatic carbocycles. The number of fused-ring (bicyclic) bond motifs is 4. The molecule has 5 heteroatoms. The normalized spacial score (nSPS) is 22.6. The number of piperidine rings is 1. The van der Waals surface area contributed by atoms with E-state index in [0.29, 0.717) is 25.2 Å². The fraction of sp³-hybridized carbons (Fsp3) is 0.333. The molecular weight excluding hydrogens is 295 g/mol. The number of aromatic nitrogens is 1. The number of halogens is 1. The first kappa shape index (κ1) is 14.2. The van der Waals surface area contributed by atoms with Gasteiger partial charge < -0.3 is 9.47 Å². The topological polar surface area (TPSA) is 42.3 Å². The maximum Gasteiger partial charge on any atom is 0.253 e. The molecule has 1 fully saturated rings. The number of hydrogen-bond acceptors (Lipinski definition) is 2. The lowest BCUT2D eigenvalue weighted by Crippen LogP contribution is -2.49. The quantitative estimate of drug-likeness (QED) is 0.810. The monoisotopic (exact) mass is 312 g/mol. The van der Waals surface area contributed by atoms with Gasteiger partial charge in [0.25, 0.3) is 11.5 Å². The van der Waals surface area contributed by atoms with Gasteiger partial charge >= 0.3 is 0 Å². The zero-order valence-electron chi connectivity index (χ0n) is 12.6. The van der Waals surface area contributed by atoms with Crippen molar-refractivity contribution < 1.29 is 9.18 Å². The summed E-state index contributed by atoms with van der Waals surface area (Å²) in [4.78, 5) is 26.5. The number of amides is 1. The Hall–Kier alpha value is -2.43. The molecule has 2 atom stereocenters. The van der Waals surface area contributed by atoms with E-state index in [4.69, 9.17) is 0 Å². The Kier molecular flexibility index (Phi) is 3.29. The third kappa shape index (κ3) is 2.46. The van der Waals surface area contributed by atoms with Crippen molar-refractivity contribution in [3.63, 3.8) is 0 Å². The molecule has 2 aliphatic heterocycles. The highest BCUT2D eigenvalue weighted by Crippen LogP contribution is 2.35. The molecule has 23 heavy (non-hydrogen) atoms. The van der Waals surface area contributed by atoms with Crippen LogP contribution in [-0.2, 0) is 6.54 Å². The number of hydrogen-bond donors (Lipinski definition) is 0. The molecule has 0 N–H and O–H groups in total. The first-order valence-corrected chi connectivity index (χ1v) is 7.86. The number of nitrogens with zero attached hydrogens (tertiary/aromatic N) is 2. The molecule has 2 aliphatic rings. The van der Waals surface area contributed by atoms with Crippen LogP contribution < -0.4 is 5.56 Å². The van der Waals surface area contributed by atoms with Gasteiger partial charge in [-0.2, -0.15) is 0 Å². The number of benzene rings is 1. The van der Waals surface area contributed by atoms with E-state index in [1.54, 1.807) is 29.2 Å². The summed E-state index contributed by atoms with van der Waals surface area (Å²) < 4.78 is 15.2. The largest absolute Gasteiger partial charge is 0.338 e. The number of likely N-dealkylation sites (tertiary alicyclic amines) is 1. The summed E-state index contributed by atoms with van der Waals surface area (Å²) in [5, 5.41) is 0. The van der Waals surface area contributed by atoms with E-state index in [2.05, 4.69) is 0 Å². The van der Waals surface area contributed by atoms with Gasteiger partial charge in [-0.3, -0.25) is 9.59 Å². The predicted octanol–water partition coefficient (Wildman–Crippen LogP) is 2.25. The second-order valence-corrected chi connectivity index (χ2v) is 6.42. The van der Waals surface area contributed by atoms with Crippen molar-refractivity contribution in [3.8, 4) is 0 Å². The van der Waals surface area contributed by atoms with Crippen LogP contribution in [-0.4, -0.2) is 28.5 Å². The number of carbonyl (C=O) groups is 1. The van der Waals surface area contributed by atoms with E-state index in [9.17, 15) is 14.0 Å². The minimum absolute atomic E-state index is 0.0297. The summed E-state index contributed by atoms with van der Waals surface area (Å²) in [6, 6.07) is 11.2. The third-order valence-corrected chi connectivity index (χ3v) is 4.84. The number of rotatable bonds is 1. The molecule has 118 valence electrons. The smallest absolute Gasteiger partial charge is 0.253 e. The van der Waals surface area contributed by atoms with Crippen LogP contribution in [0, 0.1) is 11.7 Å². The lowest BCUT2D eigenvalue weighted by atomic mass is 9.83. The van der Waals surface area contributed by atoms with Gasteiger partial charge in [0.2, 0.25) is 0 Å². The van der Waals surface area contributed by atoms with Crippen LogP contribution >= 0.6 is 0 Å². The second-order valence-electron chi connectivity index (χ2n) is 6.42. The van der Waals surface area contributed by atoms with Gasteiger partial charge in [0.15, 0.2) is 0 Å². The molecule has 1 aromatic carbocycles. The van der Waals surface area contributed by atoms with Crippen LogP contribution in [0.1, 0.15) is 28.4 Å². The molecule has 0 spiro atoms. The zero-order chi connectivity index (χ0) is 16.0. The van der Waals surface area contributed by atoms with Gasteiger partial charge in [0.1, 0.15) is 5.82 Å². The predicted molar refractivity (Wildman–Crippen MR) is 83.9 cm³/mol. The standard InChI is InChI=1S/C18H17FN2O2/c19-15-4-1-3-13(8-15)18(23)20-9-12-7-14(11-20)16-5-2-6-17(22)21(16)10-12/h1-6,8,12,14H,7,9-11H2. The average Bonchev–Trinajstić information content (AvgIpc) is 2.55. The summed E-state index contributed by atoms with van der Waals surface area (Å²) in [7, 11) is 0. The number of carbonyl (C=O) groups excluding carboxylic acids is 1. The van der Waals surface area contributed by atoms with E-state index in [1.807, 2.05) is 10.6 Å². The fourth-order valence-corrected chi connectivity index (χ4v) is 3.87. The highest BCUT2D eigenvalue weighted by Gasteiger charge is 2.36. The van der Waals surface area contributed by atoms with Crippen LogP contribution in [0.15, 0.2) is 47.3 Å². The van der Waals surface area contributed by atoms with Crippen LogP contribution in [0.25, 0.3) is 0 Å². The van der Waals surface area contributed by atoms with Crippen molar-refractivity contribution >= 4 is 5.91 Å².